The molecule has 1 aliphatic heterocycles. The predicted octanol–water partition coefficient (Wildman–Crippen LogP) is 2.03. The van der Waals surface area contributed by atoms with Gasteiger partial charge in [0.2, 0.25) is 0 Å². The zero-order valence-electron chi connectivity index (χ0n) is 14.6. The number of likely N-dealkylation sites (tertiary alicyclic amines) is 1. The Bertz CT molecular complexity index is 870. The van der Waals surface area contributed by atoms with E-state index < -0.39 is 11.6 Å². The van der Waals surface area contributed by atoms with E-state index in [1.165, 1.54) is 13.2 Å². The van der Waals surface area contributed by atoms with Gasteiger partial charge in [0.25, 0.3) is 5.91 Å². The SMILES string of the molecule is COC(=O)c1ccc(C(=O)N2CCC(Oc3cc(C)oc(=O)c3)C2)cc1. The molecule has 2 aromatic rings. The Hall–Kier alpha value is -3.09. The first-order chi connectivity index (χ1) is 12.5. The third-order valence-corrected chi connectivity index (χ3v) is 4.16. The number of carbonyl (C=O) groups is 2. The van der Waals surface area contributed by atoms with Crippen molar-refractivity contribution in [3.8, 4) is 5.75 Å². The van der Waals surface area contributed by atoms with Gasteiger partial charge in [-0.3, -0.25) is 4.79 Å². The highest BCUT2D eigenvalue weighted by Crippen LogP contribution is 2.20. The van der Waals surface area contributed by atoms with Gasteiger partial charge in [0.15, 0.2) is 0 Å². The second-order valence-electron chi connectivity index (χ2n) is 6.07. The Morgan fingerprint density at radius 3 is 2.50 bits per heavy atom. The predicted molar refractivity (Wildman–Crippen MR) is 92.4 cm³/mol. The lowest BCUT2D eigenvalue weighted by Gasteiger charge is -2.17. The summed E-state index contributed by atoms with van der Waals surface area (Å²) in [6.45, 7) is 2.66. The van der Waals surface area contributed by atoms with Crippen LogP contribution in [-0.4, -0.2) is 43.1 Å². The maximum atomic E-state index is 12.6. The van der Waals surface area contributed by atoms with Crippen LogP contribution in [0.2, 0.25) is 0 Å². The van der Waals surface area contributed by atoms with Crippen LogP contribution in [-0.2, 0) is 4.74 Å². The third kappa shape index (κ3) is 3.93. The fourth-order valence-corrected chi connectivity index (χ4v) is 2.89. The summed E-state index contributed by atoms with van der Waals surface area (Å²) in [5.41, 5.74) is 0.427. The van der Waals surface area contributed by atoms with Crippen LogP contribution in [0, 0.1) is 6.92 Å². The lowest BCUT2D eigenvalue weighted by Crippen LogP contribution is -2.31. The van der Waals surface area contributed by atoms with E-state index in [0.717, 1.165) is 0 Å². The van der Waals surface area contributed by atoms with Crippen LogP contribution in [0.1, 0.15) is 32.9 Å². The number of hydrogen-bond acceptors (Lipinski definition) is 6. The molecular formula is C19H19NO6. The van der Waals surface area contributed by atoms with Crippen molar-refractivity contribution in [2.45, 2.75) is 19.4 Å². The van der Waals surface area contributed by atoms with E-state index in [9.17, 15) is 14.4 Å². The normalized spacial score (nSPS) is 16.4. The summed E-state index contributed by atoms with van der Waals surface area (Å²) in [5.74, 6) is 0.349. The van der Waals surface area contributed by atoms with Crippen molar-refractivity contribution < 1.29 is 23.5 Å². The first-order valence-electron chi connectivity index (χ1n) is 8.22. The average molecular weight is 357 g/mol. The molecule has 1 amide bonds. The minimum atomic E-state index is -0.461. The summed E-state index contributed by atoms with van der Waals surface area (Å²) in [5, 5.41) is 0. The standard InChI is InChI=1S/C19H19NO6/c1-12-9-16(10-17(21)25-12)26-15-7-8-20(11-15)18(22)13-3-5-14(6-4-13)19(23)24-2/h3-6,9-10,15H,7-8,11H2,1-2H3. The second-order valence-corrected chi connectivity index (χ2v) is 6.07. The Morgan fingerprint density at radius 2 is 1.85 bits per heavy atom. The van der Waals surface area contributed by atoms with E-state index in [0.29, 0.717) is 42.1 Å². The van der Waals surface area contributed by atoms with Gasteiger partial charge >= 0.3 is 11.6 Å². The number of methoxy groups -OCH3 is 1. The highest BCUT2D eigenvalue weighted by Gasteiger charge is 2.28. The minimum absolute atomic E-state index is 0.128. The number of aryl methyl sites for hydroxylation is 1. The van der Waals surface area contributed by atoms with Crippen molar-refractivity contribution in [2.75, 3.05) is 20.2 Å². The lowest BCUT2D eigenvalue weighted by atomic mass is 10.1. The first kappa shape index (κ1) is 17.7. The van der Waals surface area contributed by atoms with Crippen molar-refractivity contribution in [1.29, 1.82) is 0 Å². The number of amides is 1. The Balaban J connectivity index is 1.63. The molecular weight excluding hydrogens is 338 g/mol. The van der Waals surface area contributed by atoms with Gasteiger partial charge < -0.3 is 18.8 Å². The molecule has 136 valence electrons. The van der Waals surface area contributed by atoms with Crippen molar-refractivity contribution in [1.82, 2.24) is 4.90 Å². The molecule has 1 unspecified atom stereocenters. The second kappa shape index (κ2) is 7.43. The molecule has 7 heteroatoms. The van der Waals surface area contributed by atoms with E-state index >= 15 is 0 Å². The molecule has 1 aromatic heterocycles. The van der Waals surface area contributed by atoms with Gasteiger partial charge in [0.05, 0.1) is 25.3 Å². The summed E-state index contributed by atoms with van der Waals surface area (Å²) < 4.78 is 15.3. The summed E-state index contributed by atoms with van der Waals surface area (Å²) in [7, 11) is 1.31. The molecule has 1 aliphatic rings. The highest BCUT2D eigenvalue weighted by molar-refractivity contribution is 5.96. The Morgan fingerprint density at radius 1 is 1.15 bits per heavy atom. The maximum Gasteiger partial charge on any atom is 0.339 e. The van der Waals surface area contributed by atoms with Crippen LogP contribution in [0.15, 0.2) is 45.6 Å². The average Bonchev–Trinajstić information content (AvgIpc) is 3.08. The molecule has 2 heterocycles. The molecule has 0 aliphatic carbocycles. The molecule has 1 saturated heterocycles. The number of hydrogen-bond donors (Lipinski definition) is 0. The topological polar surface area (TPSA) is 86.1 Å². The third-order valence-electron chi connectivity index (χ3n) is 4.16. The molecule has 0 spiro atoms. The van der Waals surface area contributed by atoms with Crippen molar-refractivity contribution in [2.24, 2.45) is 0 Å². The van der Waals surface area contributed by atoms with Crippen LogP contribution in [0.4, 0.5) is 0 Å². The number of esters is 1. The fraction of sp³-hybridized carbons (Fsp3) is 0.316. The number of carbonyl (C=O) groups excluding carboxylic acids is 2. The summed E-state index contributed by atoms with van der Waals surface area (Å²) in [4.78, 5) is 37.1. The molecule has 0 N–H and O–H groups in total. The zero-order valence-corrected chi connectivity index (χ0v) is 14.6. The first-order valence-corrected chi connectivity index (χ1v) is 8.22. The smallest absolute Gasteiger partial charge is 0.339 e. The molecule has 1 atom stereocenters. The summed E-state index contributed by atoms with van der Waals surface area (Å²) >= 11 is 0. The largest absolute Gasteiger partial charge is 0.488 e. The van der Waals surface area contributed by atoms with Crippen LogP contribution >= 0.6 is 0 Å². The highest BCUT2D eigenvalue weighted by atomic mass is 16.5. The van der Waals surface area contributed by atoms with Crippen LogP contribution in [0.25, 0.3) is 0 Å². The van der Waals surface area contributed by atoms with Gasteiger partial charge in [-0.15, -0.1) is 0 Å². The van der Waals surface area contributed by atoms with Gasteiger partial charge in [0, 0.05) is 24.6 Å². The van der Waals surface area contributed by atoms with Crippen molar-refractivity contribution in [3.05, 3.63) is 63.7 Å². The molecule has 3 rings (SSSR count). The van der Waals surface area contributed by atoms with E-state index in [1.54, 1.807) is 42.2 Å². The Kier molecular flexibility index (Phi) is 5.06. The summed E-state index contributed by atoms with van der Waals surface area (Å²) in [6.07, 6.45) is 0.486. The minimum Gasteiger partial charge on any atom is -0.488 e. The van der Waals surface area contributed by atoms with Crippen LogP contribution in [0.5, 0.6) is 5.75 Å². The monoisotopic (exact) mass is 357 g/mol. The summed E-state index contributed by atoms with van der Waals surface area (Å²) in [6, 6.07) is 9.29. The van der Waals surface area contributed by atoms with Gasteiger partial charge in [-0.05, 0) is 31.2 Å². The van der Waals surface area contributed by atoms with Gasteiger partial charge in [-0.25, -0.2) is 9.59 Å². The number of ether oxygens (including phenoxy) is 2. The van der Waals surface area contributed by atoms with E-state index in [2.05, 4.69) is 4.74 Å². The van der Waals surface area contributed by atoms with Gasteiger partial charge in [-0.1, -0.05) is 0 Å². The molecule has 7 nitrogen and oxygen atoms in total. The number of rotatable bonds is 4. The van der Waals surface area contributed by atoms with Crippen molar-refractivity contribution >= 4 is 11.9 Å². The molecule has 26 heavy (non-hydrogen) atoms. The number of benzene rings is 1. The van der Waals surface area contributed by atoms with Gasteiger partial charge in [0.1, 0.15) is 17.6 Å². The maximum absolute atomic E-state index is 12.6. The van der Waals surface area contributed by atoms with Gasteiger partial charge in [-0.2, -0.15) is 0 Å². The Labute approximate surface area is 150 Å². The zero-order chi connectivity index (χ0) is 18.7. The number of nitrogens with zero attached hydrogens (tertiary/aromatic N) is 1. The van der Waals surface area contributed by atoms with E-state index in [1.807, 2.05) is 0 Å². The van der Waals surface area contributed by atoms with Crippen LogP contribution in [0.3, 0.4) is 0 Å². The fourth-order valence-electron chi connectivity index (χ4n) is 2.89. The van der Waals surface area contributed by atoms with Crippen molar-refractivity contribution in [3.63, 3.8) is 0 Å². The van der Waals surface area contributed by atoms with E-state index in [-0.39, 0.29) is 12.0 Å². The van der Waals surface area contributed by atoms with E-state index in [4.69, 9.17) is 9.15 Å². The molecule has 0 saturated carbocycles. The molecule has 0 radical (unpaired) electrons. The molecule has 1 aromatic carbocycles. The lowest BCUT2D eigenvalue weighted by molar-refractivity contribution is 0.0600. The quantitative estimate of drug-likeness (QED) is 0.778. The molecule has 1 fully saturated rings. The molecule has 0 bridgehead atoms. The van der Waals surface area contributed by atoms with Crippen LogP contribution < -0.4 is 10.4 Å².